The summed E-state index contributed by atoms with van der Waals surface area (Å²) in [5.74, 6) is -0.227. The lowest BCUT2D eigenvalue weighted by Gasteiger charge is -2.19. The van der Waals surface area contributed by atoms with Gasteiger partial charge in [-0.2, -0.15) is 0 Å². The smallest absolute Gasteiger partial charge is 0.407 e. The van der Waals surface area contributed by atoms with Crippen LogP contribution < -0.4 is 5.32 Å². The molecular formula is C12H16N2O5. The third kappa shape index (κ3) is 5.24. The third-order valence-corrected chi connectivity index (χ3v) is 2.01. The highest BCUT2D eigenvalue weighted by atomic mass is 16.6. The number of nitro benzene ring substituents is 1. The molecule has 2 N–H and O–H groups in total. The molecule has 0 heterocycles. The number of rotatable bonds is 3. The second-order valence-electron chi connectivity index (χ2n) is 4.97. The molecule has 0 radical (unpaired) electrons. The van der Waals surface area contributed by atoms with Crippen LogP contribution in [0.1, 0.15) is 26.3 Å². The van der Waals surface area contributed by atoms with Crippen LogP contribution in [0, 0.1) is 10.1 Å². The molecule has 7 nitrogen and oxygen atoms in total. The van der Waals surface area contributed by atoms with Crippen molar-refractivity contribution in [2.24, 2.45) is 0 Å². The van der Waals surface area contributed by atoms with Crippen molar-refractivity contribution in [3.8, 4) is 5.75 Å². The molecule has 0 fully saturated rings. The normalized spacial score (nSPS) is 10.9. The van der Waals surface area contributed by atoms with Gasteiger partial charge in [0.05, 0.1) is 11.0 Å². The van der Waals surface area contributed by atoms with E-state index < -0.39 is 16.6 Å². The van der Waals surface area contributed by atoms with E-state index in [2.05, 4.69) is 5.32 Å². The van der Waals surface area contributed by atoms with Crippen molar-refractivity contribution < 1.29 is 19.6 Å². The SMILES string of the molecule is CC(C)(C)OC(=O)NCc1cc(O)cc([N+](=O)[O-])c1. The third-order valence-electron chi connectivity index (χ3n) is 2.01. The average molecular weight is 268 g/mol. The zero-order valence-corrected chi connectivity index (χ0v) is 11.0. The highest BCUT2D eigenvalue weighted by molar-refractivity contribution is 5.67. The van der Waals surface area contributed by atoms with E-state index in [1.54, 1.807) is 20.8 Å². The Hall–Kier alpha value is -2.31. The Kier molecular flexibility index (Phi) is 4.31. The Morgan fingerprint density at radius 3 is 2.58 bits per heavy atom. The summed E-state index contributed by atoms with van der Waals surface area (Å²) in [6.45, 7) is 5.22. The maximum atomic E-state index is 11.4. The standard InChI is InChI=1S/C12H16N2O5/c1-12(2,3)19-11(16)13-7-8-4-9(14(17)18)6-10(15)5-8/h4-6,15H,7H2,1-3H3,(H,13,16). The van der Waals surface area contributed by atoms with Crippen LogP contribution in [-0.4, -0.2) is 21.7 Å². The minimum atomic E-state index is -0.626. The molecule has 19 heavy (non-hydrogen) atoms. The Balaban J connectivity index is 2.68. The summed E-state index contributed by atoms with van der Waals surface area (Å²) in [6, 6.07) is 3.65. The minimum absolute atomic E-state index is 0.0319. The molecule has 1 rings (SSSR count). The van der Waals surface area contributed by atoms with Crippen molar-refractivity contribution >= 4 is 11.8 Å². The molecule has 7 heteroatoms. The lowest BCUT2D eigenvalue weighted by molar-refractivity contribution is -0.385. The van der Waals surface area contributed by atoms with E-state index in [4.69, 9.17) is 4.74 Å². The predicted octanol–water partition coefficient (Wildman–Crippen LogP) is 2.33. The van der Waals surface area contributed by atoms with Gasteiger partial charge in [0.1, 0.15) is 11.4 Å². The van der Waals surface area contributed by atoms with Crippen molar-refractivity contribution in [2.75, 3.05) is 0 Å². The second kappa shape index (κ2) is 5.55. The maximum Gasteiger partial charge on any atom is 0.407 e. The van der Waals surface area contributed by atoms with E-state index in [1.807, 2.05) is 0 Å². The first-order valence-corrected chi connectivity index (χ1v) is 5.61. The second-order valence-corrected chi connectivity index (χ2v) is 4.97. The quantitative estimate of drug-likeness (QED) is 0.647. The number of carbonyl (C=O) groups is 1. The number of ether oxygens (including phenoxy) is 1. The van der Waals surface area contributed by atoms with Gasteiger partial charge in [-0.05, 0) is 32.4 Å². The van der Waals surface area contributed by atoms with Crippen molar-refractivity contribution in [3.05, 3.63) is 33.9 Å². The monoisotopic (exact) mass is 268 g/mol. The maximum absolute atomic E-state index is 11.4. The number of benzene rings is 1. The van der Waals surface area contributed by atoms with Gasteiger partial charge in [0, 0.05) is 12.6 Å². The molecular weight excluding hydrogens is 252 g/mol. The summed E-state index contributed by atoms with van der Waals surface area (Å²) in [4.78, 5) is 21.4. The number of nitro groups is 1. The molecule has 0 aromatic heterocycles. The highest BCUT2D eigenvalue weighted by Crippen LogP contribution is 2.21. The number of non-ortho nitro benzene ring substituents is 1. The van der Waals surface area contributed by atoms with Gasteiger partial charge in [-0.15, -0.1) is 0 Å². The number of nitrogens with one attached hydrogen (secondary N) is 1. The molecule has 1 aromatic carbocycles. The van der Waals surface area contributed by atoms with E-state index in [0.717, 1.165) is 6.07 Å². The van der Waals surface area contributed by atoms with Gasteiger partial charge in [-0.25, -0.2) is 4.79 Å². The van der Waals surface area contributed by atoms with Crippen molar-refractivity contribution in [2.45, 2.75) is 32.9 Å². The number of nitrogens with zero attached hydrogens (tertiary/aromatic N) is 1. The lowest BCUT2D eigenvalue weighted by Crippen LogP contribution is -2.32. The summed E-state index contributed by atoms with van der Waals surface area (Å²) >= 11 is 0. The Morgan fingerprint density at radius 1 is 1.42 bits per heavy atom. The molecule has 0 spiro atoms. The molecule has 1 aromatic rings. The number of amides is 1. The van der Waals surface area contributed by atoms with Crippen LogP contribution in [0.4, 0.5) is 10.5 Å². The molecule has 104 valence electrons. The fourth-order valence-corrected chi connectivity index (χ4v) is 1.35. The van der Waals surface area contributed by atoms with Crippen LogP contribution in [0.3, 0.4) is 0 Å². The first kappa shape index (κ1) is 14.7. The van der Waals surface area contributed by atoms with Crippen LogP contribution >= 0.6 is 0 Å². The molecule has 0 aliphatic carbocycles. The van der Waals surface area contributed by atoms with E-state index in [0.29, 0.717) is 5.56 Å². The van der Waals surface area contributed by atoms with Crippen molar-refractivity contribution in [3.63, 3.8) is 0 Å². The van der Waals surface area contributed by atoms with Gasteiger partial charge in [0.25, 0.3) is 5.69 Å². The Bertz CT molecular complexity index is 493. The van der Waals surface area contributed by atoms with Gasteiger partial charge < -0.3 is 15.2 Å². The number of hydrogen-bond acceptors (Lipinski definition) is 5. The van der Waals surface area contributed by atoms with Crippen LogP contribution in [0.25, 0.3) is 0 Å². The van der Waals surface area contributed by atoms with Crippen molar-refractivity contribution in [1.29, 1.82) is 0 Å². The summed E-state index contributed by atoms with van der Waals surface area (Å²) in [6.07, 6.45) is -0.626. The van der Waals surface area contributed by atoms with Crippen LogP contribution in [-0.2, 0) is 11.3 Å². The van der Waals surface area contributed by atoms with Gasteiger partial charge in [-0.1, -0.05) is 0 Å². The molecule has 0 aliphatic heterocycles. The first-order valence-electron chi connectivity index (χ1n) is 5.61. The molecule has 0 aliphatic rings. The molecule has 0 saturated heterocycles. The molecule has 0 atom stereocenters. The fourth-order valence-electron chi connectivity index (χ4n) is 1.35. The molecule has 0 bridgehead atoms. The summed E-state index contributed by atoms with van der Waals surface area (Å²) in [5, 5.41) is 22.4. The fraction of sp³-hybridized carbons (Fsp3) is 0.417. The molecule has 0 unspecified atom stereocenters. The molecule has 1 amide bonds. The first-order chi connectivity index (χ1) is 8.67. The number of hydrogen-bond donors (Lipinski definition) is 2. The number of alkyl carbamates (subject to hydrolysis) is 1. The zero-order chi connectivity index (χ0) is 14.6. The largest absolute Gasteiger partial charge is 0.508 e. The number of phenolic OH excluding ortho intramolecular Hbond substituents is 1. The van der Waals surface area contributed by atoms with Gasteiger partial charge in [0.15, 0.2) is 0 Å². The van der Waals surface area contributed by atoms with E-state index in [1.165, 1.54) is 12.1 Å². The van der Waals surface area contributed by atoms with Crippen LogP contribution in [0.2, 0.25) is 0 Å². The number of carbonyl (C=O) groups excluding carboxylic acids is 1. The van der Waals surface area contributed by atoms with E-state index >= 15 is 0 Å². The van der Waals surface area contributed by atoms with Crippen molar-refractivity contribution in [1.82, 2.24) is 5.32 Å². The van der Waals surface area contributed by atoms with Gasteiger partial charge in [-0.3, -0.25) is 10.1 Å². The zero-order valence-electron chi connectivity index (χ0n) is 11.0. The number of phenols is 1. The van der Waals surface area contributed by atoms with E-state index in [9.17, 15) is 20.0 Å². The minimum Gasteiger partial charge on any atom is -0.508 e. The molecule has 0 saturated carbocycles. The van der Waals surface area contributed by atoms with Crippen LogP contribution in [0.15, 0.2) is 18.2 Å². The Labute approximate surface area is 110 Å². The van der Waals surface area contributed by atoms with Crippen LogP contribution in [0.5, 0.6) is 5.75 Å². The lowest BCUT2D eigenvalue weighted by atomic mass is 10.2. The summed E-state index contributed by atoms with van der Waals surface area (Å²) in [5.41, 5.74) is -0.437. The summed E-state index contributed by atoms with van der Waals surface area (Å²) < 4.78 is 5.02. The highest BCUT2D eigenvalue weighted by Gasteiger charge is 2.16. The van der Waals surface area contributed by atoms with Gasteiger partial charge >= 0.3 is 6.09 Å². The summed E-state index contributed by atoms with van der Waals surface area (Å²) in [7, 11) is 0. The number of aromatic hydroxyl groups is 1. The predicted molar refractivity (Wildman–Crippen MR) is 67.8 cm³/mol. The van der Waals surface area contributed by atoms with E-state index in [-0.39, 0.29) is 18.0 Å². The topological polar surface area (TPSA) is 102 Å². The Morgan fingerprint density at radius 2 is 2.05 bits per heavy atom. The van der Waals surface area contributed by atoms with Gasteiger partial charge in [0.2, 0.25) is 0 Å². The average Bonchev–Trinajstić information content (AvgIpc) is 2.23.